The molecule has 4 atom stereocenters. The largest absolute Gasteiger partial charge is 0.368 e. The van der Waals surface area contributed by atoms with E-state index < -0.39 is 18.3 Å². The molecular weight excluding hydrogens is 354 g/mol. The van der Waals surface area contributed by atoms with Gasteiger partial charge in [-0.1, -0.05) is 31.2 Å². The Morgan fingerprint density at radius 2 is 1.93 bits per heavy atom. The summed E-state index contributed by atoms with van der Waals surface area (Å²) in [7, 11) is 0. The molecule has 2 aliphatic rings. The molecule has 2 rings (SSSR count). The third kappa shape index (κ3) is 8.18. The molecular formula is C23H39NO4. The van der Waals surface area contributed by atoms with E-state index in [1.807, 2.05) is 27.7 Å². The second kappa shape index (κ2) is 10.7. The van der Waals surface area contributed by atoms with Crippen molar-refractivity contribution >= 4 is 0 Å². The molecule has 5 nitrogen and oxygen atoms in total. The van der Waals surface area contributed by atoms with Crippen LogP contribution in [0.15, 0.2) is 35.5 Å². The van der Waals surface area contributed by atoms with Crippen molar-refractivity contribution in [1.82, 2.24) is 5.32 Å². The maximum absolute atomic E-state index is 10.3. The fraction of sp³-hybridized carbons (Fsp3) is 0.739. The van der Waals surface area contributed by atoms with Crippen molar-refractivity contribution in [3.8, 4) is 0 Å². The van der Waals surface area contributed by atoms with Gasteiger partial charge in [0, 0.05) is 12.0 Å². The average molecular weight is 394 g/mol. The molecule has 160 valence electrons. The summed E-state index contributed by atoms with van der Waals surface area (Å²) >= 11 is 0. The standard InChI is InChI=1S/C23H39NO4/c1-16(21(25)26)14-20(24-22(27)28-23(2,3)4)15-17-10-12-19(13-11-17)18-8-6-5-7-9-18/h5-6,8,12,16-17,20-22,24-27H,7,9-11,13-15H2,1-4H3. The fourth-order valence-electron chi connectivity index (χ4n) is 4.04. The molecule has 0 saturated carbocycles. The lowest BCUT2D eigenvalue weighted by atomic mass is 9.80. The Hall–Kier alpha value is -0.980. The summed E-state index contributed by atoms with van der Waals surface area (Å²) in [5, 5.41) is 32.4. The molecule has 0 radical (unpaired) electrons. The van der Waals surface area contributed by atoms with Crippen LogP contribution in [-0.2, 0) is 4.74 Å². The Morgan fingerprint density at radius 3 is 2.46 bits per heavy atom. The fourth-order valence-corrected chi connectivity index (χ4v) is 4.04. The SMILES string of the molecule is CC(CC(CC1CC=C(C2=CC=CCC2)CC1)NC(O)OC(C)(C)C)C(O)O. The number of nitrogens with one attached hydrogen (secondary N) is 1. The quantitative estimate of drug-likeness (QED) is 0.448. The summed E-state index contributed by atoms with van der Waals surface area (Å²) in [5.41, 5.74) is 2.51. The molecule has 0 aliphatic heterocycles. The molecule has 0 fully saturated rings. The molecule has 0 aromatic heterocycles. The zero-order chi connectivity index (χ0) is 20.7. The van der Waals surface area contributed by atoms with Gasteiger partial charge < -0.3 is 20.1 Å². The molecule has 0 heterocycles. The van der Waals surface area contributed by atoms with Gasteiger partial charge in [0.15, 0.2) is 6.29 Å². The van der Waals surface area contributed by atoms with E-state index in [9.17, 15) is 15.3 Å². The van der Waals surface area contributed by atoms with Crippen LogP contribution in [0.5, 0.6) is 0 Å². The molecule has 0 amide bonds. The number of allylic oxidation sites excluding steroid dienone is 6. The Balaban J connectivity index is 1.94. The van der Waals surface area contributed by atoms with Crippen molar-refractivity contribution in [1.29, 1.82) is 0 Å². The van der Waals surface area contributed by atoms with Crippen LogP contribution in [-0.4, -0.2) is 39.7 Å². The minimum absolute atomic E-state index is 0.0362. The van der Waals surface area contributed by atoms with Gasteiger partial charge >= 0.3 is 0 Å². The monoisotopic (exact) mass is 393 g/mol. The maximum Gasteiger partial charge on any atom is 0.214 e. The van der Waals surface area contributed by atoms with Crippen LogP contribution in [0.1, 0.15) is 72.6 Å². The normalized spacial score (nSPS) is 23.9. The van der Waals surface area contributed by atoms with Crippen LogP contribution in [0.2, 0.25) is 0 Å². The predicted molar refractivity (Wildman–Crippen MR) is 112 cm³/mol. The summed E-state index contributed by atoms with van der Waals surface area (Å²) in [6.07, 6.45) is 13.5. The second-order valence-corrected chi connectivity index (χ2v) is 9.34. The van der Waals surface area contributed by atoms with E-state index in [4.69, 9.17) is 4.74 Å². The van der Waals surface area contributed by atoms with E-state index in [0.717, 1.165) is 38.5 Å². The van der Waals surface area contributed by atoms with Gasteiger partial charge in [0.2, 0.25) is 6.41 Å². The van der Waals surface area contributed by atoms with Crippen LogP contribution in [0.3, 0.4) is 0 Å². The number of rotatable bonds is 9. The first-order valence-corrected chi connectivity index (χ1v) is 10.7. The molecule has 0 bridgehead atoms. The molecule has 5 heteroatoms. The lowest BCUT2D eigenvalue weighted by molar-refractivity contribution is -0.187. The van der Waals surface area contributed by atoms with E-state index in [1.54, 1.807) is 0 Å². The molecule has 4 unspecified atom stereocenters. The number of ether oxygens (including phenoxy) is 1. The number of aliphatic hydroxyl groups is 3. The number of hydrogen-bond donors (Lipinski definition) is 4. The van der Waals surface area contributed by atoms with E-state index in [-0.39, 0.29) is 12.0 Å². The first kappa shape index (κ1) is 23.3. The van der Waals surface area contributed by atoms with E-state index in [1.165, 1.54) is 11.1 Å². The molecule has 0 aromatic rings. The highest BCUT2D eigenvalue weighted by molar-refractivity contribution is 5.36. The number of aliphatic hydroxyl groups excluding tert-OH is 2. The zero-order valence-corrected chi connectivity index (χ0v) is 17.9. The Kier molecular flexibility index (Phi) is 8.90. The van der Waals surface area contributed by atoms with Crippen molar-refractivity contribution < 1.29 is 20.1 Å². The summed E-state index contributed by atoms with van der Waals surface area (Å²) in [6.45, 7) is 7.51. The molecule has 28 heavy (non-hydrogen) atoms. The summed E-state index contributed by atoms with van der Waals surface area (Å²) < 4.78 is 5.59. The maximum atomic E-state index is 10.3. The lowest BCUT2D eigenvalue weighted by Crippen LogP contribution is -2.45. The van der Waals surface area contributed by atoms with E-state index >= 15 is 0 Å². The molecule has 0 aromatic carbocycles. The Labute approximate surface area is 170 Å². The predicted octanol–water partition coefficient (Wildman–Crippen LogP) is 3.77. The minimum atomic E-state index is -1.35. The third-order valence-corrected chi connectivity index (χ3v) is 5.57. The summed E-state index contributed by atoms with van der Waals surface area (Å²) in [5.74, 6) is 0.249. The van der Waals surface area contributed by atoms with E-state index in [0.29, 0.717) is 12.3 Å². The van der Waals surface area contributed by atoms with Gasteiger partial charge in [0.1, 0.15) is 0 Å². The van der Waals surface area contributed by atoms with Crippen molar-refractivity contribution in [2.75, 3.05) is 0 Å². The first-order valence-electron chi connectivity index (χ1n) is 10.7. The zero-order valence-electron chi connectivity index (χ0n) is 17.9. The summed E-state index contributed by atoms with van der Waals surface area (Å²) in [6, 6.07) is -0.0362. The van der Waals surface area contributed by atoms with Gasteiger partial charge in [-0.15, -0.1) is 0 Å². The molecule has 4 N–H and O–H groups in total. The van der Waals surface area contributed by atoms with Crippen LogP contribution in [0.4, 0.5) is 0 Å². The van der Waals surface area contributed by atoms with Gasteiger partial charge in [-0.3, -0.25) is 5.32 Å². The highest BCUT2D eigenvalue weighted by atomic mass is 16.6. The van der Waals surface area contributed by atoms with Crippen molar-refractivity contribution in [3.63, 3.8) is 0 Å². The van der Waals surface area contributed by atoms with Gasteiger partial charge in [0.25, 0.3) is 0 Å². The third-order valence-electron chi connectivity index (χ3n) is 5.57. The van der Waals surface area contributed by atoms with Crippen molar-refractivity contribution in [3.05, 3.63) is 35.5 Å². The van der Waals surface area contributed by atoms with Gasteiger partial charge in [-0.25, -0.2) is 0 Å². The smallest absolute Gasteiger partial charge is 0.214 e. The average Bonchev–Trinajstić information content (AvgIpc) is 2.61. The lowest BCUT2D eigenvalue weighted by Gasteiger charge is -2.32. The molecule has 2 aliphatic carbocycles. The Bertz CT molecular complexity index is 574. The van der Waals surface area contributed by atoms with Crippen LogP contribution in [0.25, 0.3) is 0 Å². The highest BCUT2D eigenvalue weighted by Gasteiger charge is 2.26. The van der Waals surface area contributed by atoms with Crippen molar-refractivity contribution in [2.45, 2.75) is 97.0 Å². The summed E-state index contributed by atoms with van der Waals surface area (Å²) in [4.78, 5) is 0. The topological polar surface area (TPSA) is 82.0 Å². The van der Waals surface area contributed by atoms with Gasteiger partial charge in [-0.2, -0.15) is 0 Å². The van der Waals surface area contributed by atoms with Crippen LogP contribution in [0, 0.1) is 11.8 Å². The minimum Gasteiger partial charge on any atom is -0.368 e. The Morgan fingerprint density at radius 1 is 1.18 bits per heavy atom. The van der Waals surface area contributed by atoms with E-state index in [2.05, 4.69) is 29.6 Å². The van der Waals surface area contributed by atoms with Gasteiger partial charge in [-0.05, 0) is 82.8 Å². The van der Waals surface area contributed by atoms with Crippen LogP contribution >= 0.6 is 0 Å². The number of hydrogen-bond acceptors (Lipinski definition) is 5. The molecule has 0 spiro atoms. The highest BCUT2D eigenvalue weighted by Crippen LogP contribution is 2.34. The van der Waals surface area contributed by atoms with Crippen LogP contribution < -0.4 is 5.32 Å². The van der Waals surface area contributed by atoms with Crippen molar-refractivity contribution in [2.24, 2.45) is 11.8 Å². The second-order valence-electron chi connectivity index (χ2n) is 9.34. The van der Waals surface area contributed by atoms with Gasteiger partial charge in [0.05, 0.1) is 5.60 Å². The molecule has 0 saturated heterocycles. The first-order chi connectivity index (χ1) is 13.1.